The number of hydrogen-bond donors (Lipinski definition) is 0. The molecule has 31 heavy (non-hydrogen) atoms. The van der Waals surface area contributed by atoms with Crippen LogP contribution in [0.25, 0.3) is 11.0 Å². The quantitative estimate of drug-likeness (QED) is 0.584. The van der Waals surface area contributed by atoms with E-state index in [1.54, 1.807) is 24.1 Å². The van der Waals surface area contributed by atoms with Crippen LogP contribution in [-0.2, 0) is 22.1 Å². The molecule has 0 spiro atoms. The predicted octanol–water partition coefficient (Wildman–Crippen LogP) is 2.94. The summed E-state index contributed by atoms with van der Waals surface area (Å²) in [6.07, 6.45) is 1.17. The highest BCUT2D eigenvalue weighted by Crippen LogP contribution is 2.29. The molecule has 1 amide bonds. The number of piperazine rings is 1. The van der Waals surface area contributed by atoms with Gasteiger partial charge in [-0.25, -0.2) is 8.42 Å². The third-order valence-electron chi connectivity index (χ3n) is 5.52. The maximum Gasteiger partial charge on any atom is 0.290 e. The Hall–Kier alpha value is -2.84. The van der Waals surface area contributed by atoms with Crippen LogP contribution >= 0.6 is 0 Å². The smallest absolute Gasteiger partial charge is 0.290 e. The molecular weight excluding hydrogens is 416 g/mol. The number of furan rings is 1. The third-order valence-corrected chi connectivity index (χ3v) is 6.34. The van der Waals surface area contributed by atoms with Crippen molar-refractivity contribution < 1.29 is 22.4 Å². The Balaban J connectivity index is 1.47. The number of hydrogen-bond acceptors (Lipinski definition) is 6. The highest BCUT2D eigenvalue weighted by atomic mass is 32.2. The van der Waals surface area contributed by atoms with Crippen molar-refractivity contribution in [3.8, 4) is 5.75 Å². The van der Waals surface area contributed by atoms with Gasteiger partial charge in [0.15, 0.2) is 15.6 Å². The lowest BCUT2D eigenvalue weighted by Crippen LogP contribution is -2.48. The molecule has 0 atom stereocenters. The standard InChI is InChI=1S/C23H26N2O5S/c1-29-18-9-7-17(8-10-18)15-24-11-13-25(14-12-24)23(26)22-20(16-31(2,27)28)19-5-3-4-6-21(19)30-22/h3-10H,11-16H2,1-2H3. The van der Waals surface area contributed by atoms with Gasteiger partial charge in [0.25, 0.3) is 5.91 Å². The predicted molar refractivity (Wildman–Crippen MR) is 119 cm³/mol. The average molecular weight is 443 g/mol. The van der Waals surface area contributed by atoms with Gasteiger partial charge in [-0.2, -0.15) is 0 Å². The van der Waals surface area contributed by atoms with Crippen molar-refractivity contribution in [2.45, 2.75) is 12.3 Å². The van der Waals surface area contributed by atoms with Crippen molar-refractivity contribution in [2.24, 2.45) is 0 Å². The van der Waals surface area contributed by atoms with Gasteiger partial charge < -0.3 is 14.1 Å². The average Bonchev–Trinajstić information content (AvgIpc) is 3.11. The van der Waals surface area contributed by atoms with Crippen LogP contribution in [0.1, 0.15) is 21.7 Å². The number of carbonyl (C=O) groups excluding carboxylic acids is 1. The van der Waals surface area contributed by atoms with E-state index in [-0.39, 0.29) is 17.4 Å². The van der Waals surface area contributed by atoms with Crippen LogP contribution in [0.2, 0.25) is 0 Å². The summed E-state index contributed by atoms with van der Waals surface area (Å²) in [6.45, 7) is 3.39. The number of rotatable bonds is 6. The molecule has 8 heteroatoms. The molecule has 0 N–H and O–H groups in total. The molecule has 0 aliphatic carbocycles. The monoisotopic (exact) mass is 442 g/mol. The van der Waals surface area contributed by atoms with E-state index in [0.29, 0.717) is 29.6 Å². The van der Waals surface area contributed by atoms with Gasteiger partial charge in [0.2, 0.25) is 0 Å². The van der Waals surface area contributed by atoms with Crippen LogP contribution in [0.5, 0.6) is 5.75 Å². The first-order valence-corrected chi connectivity index (χ1v) is 12.2. The SMILES string of the molecule is COc1ccc(CN2CCN(C(=O)c3oc4ccccc4c3CS(C)(=O)=O)CC2)cc1. The third kappa shape index (κ3) is 4.91. The first kappa shape index (κ1) is 21.4. The van der Waals surface area contributed by atoms with Crippen LogP contribution < -0.4 is 4.74 Å². The van der Waals surface area contributed by atoms with E-state index >= 15 is 0 Å². The Bertz CT molecular complexity index is 1180. The van der Waals surface area contributed by atoms with E-state index in [1.807, 2.05) is 36.4 Å². The summed E-state index contributed by atoms with van der Waals surface area (Å²) in [4.78, 5) is 17.3. The number of fused-ring (bicyclic) bond motifs is 1. The fourth-order valence-electron chi connectivity index (χ4n) is 3.92. The van der Waals surface area contributed by atoms with Crippen LogP contribution in [0, 0.1) is 0 Å². The molecule has 0 bridgehead atoms. The Kier molecular flexibility index (Phi) is 6.02. The summed E-state index contributed by atoms with van der Waals surface area (Å²) in [5.41, 5.74) is 2.17. The van der Waals surface area contributed by atoms with Gasteiger partial charge in [-0.15, -0.1) is 0 Å². The summed E-state index contributed by atoms with van der Waals surface area (Å²) in [5.74, 6) is 0.492. The van der Waals surface area contributed by atoms with Gasteiger partial charge in [0.05, 0.1) is 12.9 Å². The number of sulfone groups is 1. The topological polar surface area (TPSA) is 80.1 Å². The summed E-state index contributed by atoms with van der Waals surface area (Å²) < 4.78 is 35.0. The van der Waals surface area contributed by atoms with Crippen LogP contribution in [-0.4, -0.2) is 63.7 Å². The number of para-hydroxylation sites is 1. The molecule has 1 fully saturated rings. The summed E-state index contributed by atoms with van der Waals surface area (Å²) in [5, 5.41) is 0.675. The summed E-state index contributed by atoms with van der Waals surface area (Å²) >= 11 is 0. The van der Waals surface area contributed by atoms with Gasteiger partial charge in [0, 0.05) is 49.9 Å². The first-order chi connectivity index (χ1) is 14.8. The molecule has 0 saturated carbocycles. The number of ether oxygens (including phenoxy) is 1. The number of methoxy groups -OCH3 is 1. The van der Waals surface area contributed by atoms with Gasteiger partial charge in [-0.3, -0.25) is 9.69 Å². The number of nitrogens with zero attached hydrogens (tertiary/aromatic N) is 2. The molecule has 1 aliphatic rings. The molecule has 1 saturated heterocycles. The van der Waals surface area contributed by atoms with Crippen LogP contribution in [0.15, 0.2) is 52.9 Å². The van der Waals surface area contributed by atoms with Gasteiger partial charge in [0.1, 0.15) is 11.3 Å². The summed E-state index contributed by atoms with van der Waals surface area (Å²) in [7, 11) is -1.67. The fraction of sp³-hybridized carbons (Fsp3) is 0.348. The van der Waals surface area contributed by atoms with Gasteiger partial charge >= 0.3 is 0 Å². The molecule has 164 valence electrons. The molecule has 2 heterocycles. The molecule has 1 aliphatic heterocycles. The molecule has 4 rings (SSSR count). The second-order valence-electron chi connectivity index (χ2n) is 7.89. The minimum Gasteiger partial charge on any atom is -0.497 e. The molecule has 0 unspecified atom stereocenters. The maximum atomic E-state index is 13.2. The van der Waals surface area contributed by atoms with E-state index in [9.17, 15) is 13.2 Å². The zero-order valence-corrected chi connectivity index (χ0v) is 18.5. The van der Waals surface area contributed by atoms with Crippen molar-refractivity contribution in [3.63, 3.8) is 0 Å². The Morgan fingerprint density at radius 1 is 1.03 bits per heavy atom. The van der Waals surface area contributed by atoms with E-state index in [0.717, 1.165) is 25.4 Å². The fourth-order valence-corrected chi connectivity index (χ4v) is 4.73. The molecular formula is C23H26N2O5S. The highest BCUT2D eigenvalue weighted by molar-refractivity contribution is 7.89. The lowest BCUT2D eigenvalue weighted by molar-refractivity contribution is 0.0599. The van der Waals surface area contributed by atoms with Crippen molar-refractivity contribution in [2.75, 3.05) is 39.5 Å². The highest BCUT2D eigenvalue weighted by Gasteiger charge is 2.29. The van der Waals surface area contributed by atoms with Crippen molar-refractivity contribution in [3.05, 3.63) is 65.4 Å². The zero-order chi connectivity index (χ0) is 22.0. The Morgan fingerprint density at radius 2 is 1.71 bits per heavy atom. The number of benzene rings is 2. The van der Waals surface area contributed by atoms with Crippen molar-refractivity contribution in [1.82, 2.24) is 9.80 Å². The van der Waals surface area contributed by atoms with Crippen molar-refractivity contribution in [1.29, 1.82) is 0 Å². The van der Waals surface area contributed by atoms with E-state index < -0.39 is 9.84 Å². The second-order valence-corrected chi connectivity index (χ2v) is 10.0. The lowest BCUT2D eigenvalue weighted by atomic mass is 10.1. The van der Waals surface area contributed by atoms with Crippen LogP contribution in [0.3, 0.4) is 0 Å². The Morgan fingerprint density at radius 3 is 2.35 bits per heavy atom. The van der Waals surface area contributed by atoms with Gasteiger partial charge in [-0.1, -0.05) is 30.3 Å². The van der Waals surface area contributed by atoms with Crippen molar-refractivity contribution >= 4 is 26.7 Å². The minimum absolute atomic E-state index is 0.134. The largest absolute Gasteiger partial charge is 0.497 e. The van der Waals surface area contributed by atoms with E-state index in [2.05, 4.69) is 4.90 Å². The van der Waals surface area contributed by atoms with Gasteiger partial charge in [-0.05, 0) is 23.8 Å². The molecule has 3 aromatic rings. The van der Waals surface area contributed by atoms with E-state index in [1.165, 1.54) is 11.8 Å². The maximum absolute atomic E-state index is 13.2. The Labute approximate surface area is 182 Å². The number of carbonyl (C=O) groups is 1. The van der Waals surface area contributed by atoms with Crippen LogP contribution in [0.4, 0.5) is 0 Å². The molecule has 0 radical (unpaired) electrons. The minimum atomic E-state index is -3.32. The molecule has 1 aromatic heterocycles. The first-order valence-electron chi connectivity index (χ1n) is 10.2. The zero-order valence-electron chi connectivity index (χ0n) is 17.7. The summed E-state index contributed by atoms with van der Waals surface area (Å²) in [6, 6.07) is 15.1. The second kappa shape index (κ2) is 8.72. The molecule has 2 aromatic carbocycles. The van der Waals surface area contributed by atoms with E-state index in [4.69, 9.17) is 9.15 Å². The lowest BCUT2D eigenvalue weighted by Gasteiger charge is -2.34. The molecule has 7 nitrogen and oxygen atoms in total. The number of amides is 1. The normalized spacial score (nSPS) is 15.4.